The molecule has 0 saturated heterocycles. The van der Waals surface area contributed by atoms with Crippen molar-refractivity contribution in [3.8, 4) is 0 Å². The molecular weight excluding hydrogens is 803 g/mol. The zero-order valence-corrected chi connectivity index (χ0v) is 43.4. The number of hydrogen-bond acceptors (Lipinski definition) is 5. The van der Waals surface area contributed by atoms with Crippen LogP contribution in [0.3, 0.4) is 0 Å². The quantitative estimate of drug-likeness (QED) is 0.0245. The van der Waals surface area contributed by atoms with Crippen LogP contribution in [0, 0.1) is 0 Å². The summed E-state index contributed by atoms with van der Waals surface area (Å²) in [5, 5.41) is 23.8. The highest BCUT2D eigenvalue weighted by atomic mass is 16.5. The minimum Gasteiger partial charge on any atom is -0.462 e. The number of ether oxygens (including phenoxy) is 1. The molecule has 3 N–H and O–H groups in total. The Labute approximate surface area is 404 Å². The van der Waals surface area contributed by atoms with Crippen LogP contribution in [0.25, 0.3) is 0 Å². The van der Waals surface area contributed by atoms with E-state index in [9.17, 15) is 19.8 Å². The van der Waals surface area contributed by atoms with Gasteiger partial charge in [-0.05, 0) is 77.0 Å². The average molecular weight is 913 g/mol. The minimum absolute atomic E-state index is 0.0528. The number of rotatable bonds is 51. The Kier molecular flexibility index (Phi) is 51.0. The van der Waals surface area contributed by atoms with Crippen molar-refractivity contribution in [1.29, 1.82) is 0 Å². The van der Waals surface area contributed by atoms with Crippen LogP contribution >= 0.6 is 0 Å². The maximum absolute atomic E-state index is 13.2. The predicted octanol–water partition coefficient (Wildman–Crippen LogP) is 17.4. The first kappa shape index (κ1) is 62.8. The molecule has 65 heavy (non-hydrogen) atoms. The standard InChI is InChI=1S/C59H109NO5/c1-4-7-10-13-16-19-22-25-28-30-32-35-38-41-44-47-50-55(65-59(64)52-49-46-43-40-37-34-31-29-26-23-20-17-14-11-8-5-2)53-58(63)60-56(54-61)57(62)51-48-45-42-39-36-33-27-24-21-18-15-12-9-6-3/h22,25,28-32,35,55-57,61-62H,4-21,23-24,26-27,33-34,36-54H2,1-3H3,(H,60,63)/b25-22+,30-28+,31-29+,35-32+. The molecule has 0 saturated carbocycles. The number of nitrogens with one attached hydrogen (secondary N) is 1. The van der Waals surface area contributed by atoms with E-state index in [0.717, 1.165) is 77.0 Å². The first-order valence-electron chi connectivity index (χ1n) is 28.4. The van der Waals surface area contributed by atoms with Gasteiger partial charge in [0.2, 0.25) is 5.91 Å². The highest BCUT2D eigenvalue weighted by Gasteiger charge is 2.24. The molecule has 0 bridgehead atoms. The van der Waals surface area contributed by atoms with Crippen molar-refractivity contribution in [3.05, 3.63) is 48.6 Å². The lowest BCUT2D eigenvalue weighted by Gasteiger charge is -2.24. The van der Waals surface area contributed by atoms with Crippen molar-refractivity contribution >= 4 is 11.9 Å². The fraction of sp³-hybridized carbons (Fsp3) is 0.831. The number of aliphatic hydroxyl groups is 2. The van der Waals surface area contributed by atoms with Gasteiger partial charge in [-0.3, -0.25) is 9.59 Å². The number of esters is 1. The third-order valence-corrected chi connectivity index (χ3v) is 12.9. The molecule has 6 nitrogen and oxygen atoms in total. The number of unbranched alkanes of at least 4 members (excludes halogenated alkanes) is 33. The lowest BCUT2D eigenvalue weighted by Crippen LogP contribution is -2.46. The van der Waals surface area contributed by atoms with Crippen molar-refractivity contribution in [3.63, 3.8) is 0 Å². The van der Waals surface area contributed by atoms with Crippen LogP contribution in [0.2, 0.25) is 0 Å². The van der Waals surface area contributed by atoms with Gasteiger partial charge in [-0.15, -0.1) is 0 Å². The Hall–Kier alpha value is -2.18. The summed E-state index contributed by atoms with van der Waals surface area (Å²) in [6.07, 6.45) is 64.6. The number of amides is 1. The van der Waals surface area contributed by atoms with E-state index >= 15 is 0 Å². The van der Waals surface area contributed by atoms with E-state index in [-0.39, 0.29) is 24.9 Å². The lowest BCUT2D eigenvalue weighted by atomic mass is 10.0. The molecule has 3 unspecified atom stereocenters. The first-order valence-corrected chi connectivity index (χ1v) is 28.4. The summed E-state index contributed by atoms with van der Waals surface area (Å²) >= 11 is 0. The van der Waals surface area contributed by atoms with Crippen LogP contribution in [0.1, 0.15) is 290 Å². The number of allylic oxidation sites excluding steroid dienone is 8. The molecule has 0 aromatic carbocycles. The Morgan fingerprint density at radius 1 is 0.446 bits per heavy atom. The largest absolute Gasteiger partial charge is 0.462 e. The van der Waals surface area contributed by atoms with Gasteiger partial charge in [0, 0.05) is 6.42 Å². The average Bonchev–Trinajstić information content (AvgIpc) is 3.30. The van der Waals surface area contributed by atoms with Gasteiger partial charge in [0.25, 0.3) is 0 Å². The number of carbonyl (C=O) groups excluding carboxylic acids is 2. The van der Waals surface area contributed by atoms with Crippen LogP contribution < -0.4 is 5.32 Å². The van der Waals surface area contributed by atoms with Gasteiger partial charge in [0.15, 0.2) is 0 Å². The summed E-state index contributed by atoms with van der Waals surface area (Å²) in [5.74, 6) is -0.508. The zero-order chi connectivity index (χ0) is 47.4. The topological polar surface area (TPSA) is 95.9 Å². The van der Waals surface area contributed by atoms with Crippen molar-refractivity contribution < 1.29 is 24.5 Å². The van der Waals surface area contributed by atoms with Crippen molar-refractivity contribution in [2.45, 2.75) is 309 Å². The molecule has 0 aromatic rings. The summed E-state index contributed by atoms with van der Waals surface area (Å²) in [7, 11) is 0. The summed E-state index contributed by atoms with van der Waals surface area (Å²) in [6, 6.07) is -0.715. The predicted molar refractivity (Wildman–Crippen MR) is 282 cm³/mol. The molecule has 0 spiro atoms. The fourth-order valence-corrected chi connectivity index (χ4v) is 8.60. The van der Waals surface area contributed by atoms with Crippen LogP contribution in [-0.2, 0) is 14.3 Å². The molecule has 0 fully saturated rings. The second-order valence-electron chi connectivity index (χ2n) is 19.4. The monoisotopic (exact) mass is 912 g/mol. The Morgan fingerprint density at radius 3 is 1.23 bits per heavy atom. The maximum atomic E-state index is 13.2. The van der Waals surface area contributed by atoms with E-state index in [1.165, 1.54) is 167 Å². The molecule has 1 amide bonds. The van der Waals surface area contributed by atoms with E-state index in [2.05, 4.69) is 74.7 Å². The third kappa shape index (κ3) is 48.1. The van der Waals surface area contributed by atoms with E-state index in [1.54, 1.807) is 0 Å². The van der Waals surface area contributed by atoms with E-state index < -0.39 is 18.2 Å². The third-order valence-electron chi connectivity index (χ3n) is 12.9. The van der Waals surface area contributed by atoms with Crippen molar-refractivity contribution in [1.82, 2.24) is 5.32 Å². The summed E-state index contributed by atoms with van der Waals surface area (Å²) in [4.78, 5) is 26.2. The highest BCUT2D eigenvalue weighted by molar-refractivity contribution is 5.77. The zero-order valence-electron chi connectivity index (χ0n) is 43.4. The van der Waals surface area contributed by atoms with E-state index in [4.69, 9.17) is 4.74 Å². The molecule has 3 atom stereocenters. The van der Waals surface area contributed by atoms with Crippen LogP contribution in [0.4, 0.5) is 0 Å². The maximum Gasteiger partial charge on any atom is 0.306 e. The lowest BCUT2D eigenvalue weighted by molar-refractivity contribution is -0.151. The molecule has 0 aromatic heterocycles. The Bertz CT molecular complexity index is 1110. The number of hydrogen-bond donors (Lipinski definition) is 3. The molecule has 0 radical (unpaired) electrons. The highest BCUT2D eigenvalue weighted by Crippen LogP contribution is 2.18. The normalized spacial score (nSPS) is 13.5. The van der Waals surface area contributed by atoms with E-state index in [0.29, 0.717) is 19.3 Å². The smallest absolute Gasteiger partial charge is 0.306 e. The second-order valence-corrected chi connectivity index (χ2v) is 19.4. The molecule has 0 aliphatic carbocycles. The van der Waals surface area contributed by atoms with Gasteiger partial charge >= 0.3 is 5.97 Å². The Morgan fingerprint density at radius 2 is 0.800 bits per heavy atom. The number of aliphatic hydroxyl groups excluding tert-OH is 2. The van der Waals surface area contributed by atoms with Gasteiger partial charge in [-0.2, -0.15) is 0 Å². The van der Waals surface area contributed by atoms with E-state index in [1.807, 2.05) is 0 Å². The van der Waals surface area contributed by atoms with Gasteiger partial charge in [-0.1, -0.05) is 249 Å². The molecule has 380 valence electrons. The molecular formula is C59H109NO5. The molecule has 6 heteroatoms. The van der Waals surface area contributed by atoms with Gasteiger partial charge < -0.3 is 20.3 Å². The van der Waals surface area contributed by atoms with Crippen LogP contribution in [-0.4, -0.2) is 46.9 Å². The Balaban J connectivity index is 4.64. The minimum atomic E-state index is -0.799. The first-order chi connectivity index (χ1) is 32.0. The fourth-order valence-electron chi connectivity index (χ4n) is 8.60. The molecule has 0 heterocycles. The SMILES string of the molecule is CCCCCCC/C=C/C=C/C=C/CCCCCC(CC(=O)NC(CO)C(O)CCCCCCCCCCCCCCCC)OC(=O)CCCCCCC/C=C/CCCCCCCCC. The van der Waals surface area contributed by atoms with Crippen LogP contribution in [0.15, 0.2) is 48.6 Å². The second kappa shape index (κ2) is 52.8. The van der Waals surface area contributed by atoms with Crippen molar-refractivity contribution in [2.24, 2.45) is 0 Å². The van der Waals surface area contributed by atoms with Gasteiger partial charge in [0.05, 0.1) is 25.2 Å². The number of carbonyl (C=O) groups is 2. The summed E-state index contributed by atoms with van der Waals surface area (Å²) < 4.78 is 5.94. The summed E-state index contributed by atoms with van der Waals surface area (Å²) in [6.45, 7) is 6.48. The molecule has 0 rings (SSSR count). The molecule has 0 aliphatic rings. The van der Waals surface area contributed by atoms with Crippen molar-refractivity contribution in [2.75, 3.05) is 6.61 Å². The van der Waals surface area contributed by atoms with Crippen LogP contribution in [0.5, 0.6) is 0 Å². The molecule has 0 aliphatic heterocycles. The summed E-state index contributed by atoms with van der Waals surface area (Å²) in [5.41, 5.74) is 0. The van der Waals surface area contributed by atoms with Gasteiger partial charge in [-0.25, -0.2) is 0 Å². The van der Waals surface area contributed by atoms with Gasteiger partial charge in [0.1, 0.15) is 6.10 Å².